The van der Waals surface area contributed by atoms with Gasteiger partial charge in [0, 0.05) is 35.0 Å². The number of carbonyl (C=O) groups is 2. The van der Waals surface area contributed by atoms with E-state index in [1.165, 1.54) is 11.3 Å². The molecule has 6 heteroatoms. The second-order valence-electron chi connectivity index (χ2n) is 6.10. The number of hydrogen-bond acceptors (Lipinski definition) is 4. The van der Waals surface area contributed by atoms with E-state index >= 15 is 0 Å². The Labute approximate surface area is 168 Å². The van der Waals surface area contributed by atoms with Crippen LogP contribution in [0.4, 0.5) is 0 Å². The normalized spacial score (nSPS) is 10.1. The van der Waals surface area contributed by atoms with Gasteiger partial charge >= 0.3 is 0 Å². The van der Waals surface area contributed by atoms with Crippen LogP contribution < -0.4 is 10.7 Å². The Hall–Kier alpha value is -3.25. The molecule has 3 aromatic rings. The summed E-state index contributed by atoms with van der Waals surface area (Å²) in [6.45, 7) is 0.441. The number of carbonyl (C=O) groups excluding carboxylic acids is 2. The van der Waals surface area contributed by atoms with Gasteiger partial charge < -0.3 is 5.32 Å². The van der Waals surface area contributed by atoms with Crippen LogP contribution in [-0.4, -0.2) is 24.1 Å². The number of hydrazone groups is 1. The van der Waals surface area contributed by atoms with Crippen molar-refractivity contribution >= 4 is 28.9 Å². The zero-order chi connectivity index (χ0) is 19.6. The molecule has 3 rings (SSSR count). The highest BCUT2D eigenvalue weighted by molar-refractivity contribution is 7.08. The van der Waals surface area contributed by atoms with Crippen LogP contribution in [0.3, 0.4) is 0 Å². The lowest BCUT2D eigenvalue weighted by Crippen LogP contribution is -2.26. The van der Waals surface area contributed by atoms with Gasteiger partial charge in [-0.2, -0.15) is 16.4 Å². The van der Waals surface area contributed by atoms with Gasteiger partial charge in [0.05, 0.1) is 5.71 Å². The Morgan fingerprint density at radius 2 is 1.50 bits per heavy atom. The summed E-state index contributed by atoms with van der Waals surface area (Å²) in [5.41, 5.74) is 5.85. The van der Waals surface area contributed by atoms with E-state index in [2.05, 4.69) is 15.8 Å². The lowest BCUT2D eigenvalue weighted by molar-refractivity contribution is -0.121. The molecule has 0 aliphatic heterocycles. The molecule has 0 atom stereocenters. The van der Waals surface area contributed by atoms with E-state index in [0.717, 1.165) is 11.1 Å². The summed E-state index contributed by atoms with van der Waals surface area (Å²) in [5.74, 6) is -0.302. The number of rotatable bonds is 8. The molecule has 0 saturated heterocycles. The summed E-state index contributed by atoms with van der Waals surface area (Å²) in [7, 11) is 0. The second-order valence-corrected chi connectivity index (χ2v) is 6.88. The van der Waals surface area contributed by atoms with Gasteiger partial charge in [-0.1, -0.05) is 60.7 Å². The lowest BCUT2D eigenvalue weighted by Gasteiger charge is -2.08. The molecule has 0 saturated carbocycles. The third-order valence-electron chi connectivity index (χ3n) is 4.04. The molecule has 0 unspecified atom stereocenters. The zero-order valence-electron chi connectivity index (χ0n) is 15.3. The van der Waals surface area contributed by atoms with Crippen molar-refractivity contribution in [1.82, 2.24) is 10.7 Å². The van der Waals surface area contributed by atoms with Gasteiger partial charge in [-0.05, 0) is 17.9 Å². The average Bonchev–Trinajstić information content (AvgIpc) is 3.28. The minimum atomic E-state index is -0.186. The van der Waals surface area contributed by atoms with E-state index in [0.29, 0.717) is 24.2 Å². The first-order chi connectivity index (χ1) is 13.7. The molecule has 0 radical (unpaired) electrons. The highest BCUT2D eigenvalue weighted by Gasteiger charge is 2.08. The smallest absolute Gasteiger partial charge is 0.252 e. The molecule has 0 bridgehead atoms. The Kier molecular flexibility index (Phi) is 7.09. The highest BCUT2D eigenvalue weighted by atomic mass is 32.1. The molecular weight excluding hydrogens is 370 g/mol. The van der Waals surface area contributed by atoms with Gasteiger partial charge in [-0.3, -0.25) is 9.59 Å². The van der Waals surface area contributed by atoms with Gasteiger partial charge in [0.1, 0.15) is 0 Å². The first-order valence-corrected chi connectivity index (χ1v) is 9.96. The van der Waals surface area contributed by atoms with Crippen molar-refractivity contribution in [3.05, 3.63) is 94.2 Å². The maximum absolute atomic E-state index is 12.2. The molecule has 0 aliphatic rings. The fourth-order valence-electron chi connectivity index (χ4n) is 2.61. The number of thiophene rings is 1. The SMILES string of the molecule is O=C(CCCNC(=O)c1ccsc1)NN=C(c1ccccc1)c1ccccc1. The van der Waals surface area contributed by atoms with Crippen LogP contribution >= 0.6 is 11.3 Å². The third kappa shape index (κ3) is 5.62. The monoisotopic (exact) mass is 391 g/mol. The van der Waals surface area contributed by atoms with E-state index in [1.807, 2.05) is 66.0 Å². The van der Waals surface area contributed by atoms with Crippen LogP contribution in [-0.2, 0) is 4.79 Å². The van der Waals surface area contributed by atoms with Crippen LogP contribution in [0.25, 0.3) is 0 Å². The number of nitrogens with one attached hydrogen (secondary N) is 2. The van der Waals surface area contributed by atoms with Crippen LogP contribution in [0.15, 0.2) is 82.6 Å². The molecule has 2 N–H and O–H groups in total. The molecule has 2 aromatic carbocycles. The van der Waals surface area contributed by atoms with Gasteiger partial charge in [0.25, 0.3) is 5.91 Å². The molecule has 5 nitrogen and oxygen atoms in total. The average molecular weight is 391 g/mol. The van der Waals surface area contributed by atoms with E-state index in [1.54, 1.807) is 11.4 Å². The summed E-state index contributed by atoms with van der Waals surface area (Å²) in [6, 6.07) is 21.2. The summed E-state index contributed by atoms with van der Waals surface area (Å²) in [6.07, 6.45) is 0.827. The minimum absolute atomic E-state index is 0.116. The standard InChI is InChI=1S/C22H21N3O2S/c26-20(12-7-14-23-22(27)19-13-15-28-16-19)24-25-21(17-8-3-1-4-9-17)18-10-5-2-6-11-18/h1-6,8-11,13,15-16H,7,12,14H2,(H,23,27)(H,24,26). The maximum atomic E-state index is 12.2. The Bertz CT molecular complexity index is 881. The van der Waals surface area contributed by atoms with Crippen molar-refractivity contribution in [1.29, 1.82) is 0 Å². The topological polar surface area (TPSA) is 70.6 Å². The maximum Gasteiger partial charge on any atom is 0.252 e. The molecule has 1 heterocycles. The lowest BCUT2D eigenvalue weighted by atomic mass is 10.0. The fraction of sp³-hybridized carbons (Fsp3) is 0.136. The molecule has 0 spiro atoms. The van der Waals surface area contributed by atoms with Crippen molar-refractivity contribution < 1.29 is 9.59 Å². The predicted molar refractivity (Wildman–Crippen MR) is 113 cm³/mol. The van der Waals surface area contributed by atoms with E-state index in [9.17, 15) is 9.59 Å². The molecule has 0 fully saturated rings. The largest absolute Gasteiger partial charge is 0.352 e. The first-order valence-electron chi connectivity index (χ1n) is 9.02. The van der Waals surface area contributed by atoms with Crippen LogP contribution in [0.2, 0.25) is 0 Å². The van der Waals surface area contributed by atoms with Gasteiger partial charge in [0.2, 0.25) is 5.91 Å². The quantitative estimate of drug-likeness (QED) is 0.348. The summed E-state index contributed by atoms with van der Waals surface area (Å²) < 4.78 is 0. The Morgan fingerprint density at radius 1 is 0.857 bits per heavy atom. The number of nitrogens with zero attached hydrogens (tertiary/aromatic N) is 1. The summed E-state index contributed by atoms with van der Waals surface area (Å²) >= 11 is 1.48. The molecule has 2 amide bonds. The zero-order valence-corrected chi connectivity index (χ0v) is 16.1. The van der Waals surface area contributed by atoms with E-state index in [4.69, 9.17) is 0 Å². The second kappa shape index (κ2) is 10.2. The van der Waals surface area contributed by atoms with Crippen LogP contribution in [0.5, 0.6) is 0 Å². The van der Waals surface area contributed by atoms with Crippen molar-refractivity contribution in [2.45, 2.75) is 12.8 Å². The van der Waals surface area contributed by atoms with Crippen molar-refractivity contribution in [3.63, 3.8) is 0 Å². The molecule has 28 heavy (non-hydrogen) atoms. The third-order valence-corrected chi connectivity index (χ3v) is 4.72. The van der Waals surface area contributed by atoms with Crippen molar-refractivity contribution in [2.24, 2.45) is 5.10 Å². The Balaban J connectivity index is 1.54. The van der Waals surface area contributed by atoms with Crippen molar-refractivity contribution in [2.75, 3.05) is 6.54 Å². The van der Waals surface area contributed by atoms with Crippen LogP contribution in [0.1, 0.15) is 34.3 Å². The van der Waals surface area contributed by atoms with Crippen LogP contribution in [0, 0.1) is 0 Å². The fourth-order valence-corrected chi connectivity index (χ4v) is 3.24. The number of hydrogen-bond donors (Lipinski definition) is 2. The van der Waals surface area contributed by atoms with Gasteiger partial charge in [0.15, 0.2) is 0 Å². The number of benzene rings is 2. The van der Waals surface area contributed by atoms with Crippen molar-refractivity contribution in [3.8, 4) is 0 Å². The highest BCUT2D eigenvalue weighted by Crippen LogP contribution is 2.10. The first kappa shape index (κ1) is 19.5. The van der Waals surface area contributed by atoms with E-state index < -0.39 is 0 Å². The summed E-state index contributed by atoms with van der Waals surface area (Å²) in [5, 5.41) is 10.8. The predicted octanol–water partition coefficient (Wildman–Crippen LogP) is 3.83. The van der Waals surface area contributed by atoms with Gasteiger partial charge in [-0.25, -0.2) is 5.43 Å². The van der Waals surface area contributed by atoms with E-state index in [-0.39, 0.29) is 18.2 Å². The molecule has 0 aliphatic carbocycles. The van der Waals surface area contributed by atoms with Gasteiger partial charge in [-0.15, -0.1) is 0 Å². The minimum Gasteiger partial charge on any atom is -0.352 e. The molecular formula is C22H21N3O2S. The number of amides is 2. The Morgan fingerprint density at radius 3 is 2.07 bits per heavy atom. The molecule has 142 valence electrons. The summed E-state index contributed by atoms with van der Waals surface area (Å²) in [4.78, 5) is 24.0. The molecule has 1 aromatic heterocycles.